The van der Waals surface area contributed by atoms with Gasteiger partial charge in [-0.2, -0.15) is 4.98 Å². The quantitative estimate of drug-likeness (QED) is 0.526. The minimum Gasteiger partial charge on any atom is -0.444 e. The highest BCUT2D eigenvalue weighted by molar-refractivity contribution is 5.93. The number of likely N-dealkylation sites (N-methyl/N-ethyl adjacent to an activating group) is 2. The minimum atomic E-state index is -0.657. The van der Waals surface area contributed by atoms with E-state index in [-0.39, 0.29) is 17.3 Å². The zero-order chi connectivity index (χ0) is 26.6. The first-order chi connectivity index (χ1) is 16.9. The lowest BCUT2D eigenvalue weighted by atomic mass is 10.1. The number of fused-ring (bicyclic) bond motifs is 1. The first-order valence-corrected chi connectivity index (χ1v) is 11.7. The fourth-order valence-corrected chi connectivity index (χ4v) is 3.61. The molecule has 10 nitrogen and oxygen atoms in total. The van der Waals surface area contributed by atoms with Crippen LogP contribution in [0, 0.1) is 6.92 Å². The number of carbonyl (C=O) groups excluding carboxylic acids is 2. The number of rotatable bonds is 7. The monoisotopic (exact) mass is 495 g/mol. The molecule has 0 aliphatic rings. The van der Waals surface area contributed by atoms with Crippen LogP contribution in [0.15, 0.2) is 45.9 Å². The SMILES string of the molecule is Cc1c(NC(=O)OC(C)(C)C)ccc2nc(N(C)[C@@H](C)C(=O)N(C)CCc3cccnc3)oc(=O)c12. The van der Waals surface area contributed by atoms with Crippen molar-refractivity contribution in [1.82, 2.24) is 14.9 Å². The van der Waals surface area contributed by atoms with E-state index in [1.165, 1.54) is 4.90 Å². The van der Waals surface area contributed by atoms with Gasteiger partial charge in [0.25, 0.3) is 0 Å². The van der Waals surface area contributed by atoms with Crippen molar-refractivity contribution in [3.63, 3.8) is 0 Å². The number of aromatic nitrogens is 2. The van der Waals surface area contributed by atoms with Gasteiger partial charge in [0.15, 0.2) is 0 Å². The van der Waals surface area contributed by atoms with Crippen molar-refractivity contribution in [3.8, 4) is 0 Å². The second-order valence-electron chi connectivity index (χ2n) is 9.70. The molecule has 0 radical (unpaired) electrons. The third-order valence-corrected chi connectivity index (χ3v) is 5.76. The molecule has 3 rings (SSSR count). The fourth-order valence-electron chi connectivity index (χ4n) is 3.61. The van der Waals surface area contributed by atoms with Gasteiger partial charge >= 0.3 is 17.7 Å². The molecule has 36 heavy (non-hydrogen) atoms. The number of benzene rings is 1. The molecule has 2 heterocycles. The van der Waals surface area contributed by atoms with Gasteiger partial charge in [0.1, 0.15) is 11.6 Å². The Morgan fingerprint density at radius 3 is 2.56 bits per heavy atom. The Bertz CT molecular complexity index is 1300. The zero-order valence-corrected chi connectivity index (χ0v) is 21.8. The summed E-state index contributed by atoms with van der Waals surface area (Å²) in [5, 5.41) is 2.90. The standard InChI is InChI=1S/C26H33N5O5/c1-16-19(29-25(34)36-26(3,4)5)10-11-20-21(16)23(33)35-24(28-20)31(7)17(2)22(32)30(6)14-12-18-9-8-13-27-15-18/h8-11,13,15,17H,12,14H2,1-7H3,(H,29,34)/t17-/m0/s1. The third-order valence-electron chi connectivity index (χ3n) is 5.76. The zero-order valence-electron chi connectivity index (χ0n) is 21.8. The van der Waals surface area contributed by atoms with Crippen LogP contribution in [0.5, 0.6) is 0 Å². The molecule has 1 N–H and O–H groups in total. The fraction of sp³-hybridized carbons (Fsp3) is 0.423. The van der Waals surface area contributed by atoms with Crippen molar-refractivity contribution in [2.24, 2.45) is 0 Å². The lowest BCUT2D eigenvalue weighted by Crippen LogP contribution is -2.45. The molecule has 1 atom stereocenters. The van der Waals surface area contributed by atoms with Crippen LogP contribution in [0.4, 0.5) is 16.5 Å². The molecule has 0 bridgehead atoms. The summed E-state index contributed by atoms with van der Waals surface area (Å²) in [5.41, 5.74) is 1.09. The van der Waals surface area contributed by atoms with E-state index >= 15 is 0 Å². The maximum atomic E-state index is 13.0. The number of hydrogen-bond acceptors (Lipinski definition) is 8. The van der Waals surface area contributed by atoms with E-state index in [0.717, 1.165) is 5.56 Å². The second kappa shape index (κ2) is 10.8. The van der Waals surface area contributed by atoms with Gasteiger partial charge in [0.05, 0.1) is 10.9 Å². The van der Waals surface area contributed by atoms with Crippen molar-refractivity contribution in [3.05, 3.63) is 58.2 Å². The molecular weight excluding hydrogens is 462 g/mol. The number of ether oxygens (including phenoxy) is 1. The normalized spacial score (nSPS) is 12.2. The highest BCUT2D eigenvalue weighted by Gasteiger charge is 2.25. The molecule has 0 aliphatic heterocycles. The van der Waals surface area contributed by atoms with Gasteiger partial charge in [-0.25, -0.2) is 9.59 Å². The molecule has 192 valence electrons. The number of nitrogens with zero attached hydrogens (tertiary/aromatic N) is 4. The summed E-state index contributed by atoms with van der Waals surface area (Å²) in [6, 6.07) is 6.51. The predicted octanol–water partition coefficient (Wildman–Crippen LogP) is 3.76. The Kier molecular flexibility index (Phi) is 7.96. The number of amides is 2. The molecule has 2 aromatic heterocycles. The van der Waals surface area contributed by atoms with Crippen LogP contribution >= 0.6 is 0 Å². The molecule has 0 spiro atoms. The van der Waals surface area contributed by atoms with E-state index in [1.54, 1.807) is 78.1 Å². The van der Waals surface area contributed by atoms with E-state index in [2.05, 4.69) is 15.3 Å². The first kappa shape index (κ1) is 26.7. The maximum absolute atomic E-state index is 13.0. The van der Waals surface area contributed by atoms with Gasteiger partial charge in [0, 0.05) is 38.7 Å². The predicted molar refractivity (Wildman–Crippen MR) is 138 cm³/mol. The van der Waals surface area contributed by atoms with Gasteiger partial charge in [-0.1, -0.05) is 6.07 Å². The summed E-state index contributed by atoms with van der Waals surface area (Å²) < 4.78 is 10.8. The van der Waals surface area contributed by atoms with Crippen LogP contribution in [-0.4, -0.2) is 59.2 Å². The van der Waals surface area contributed by atoms with Crippen molar-refractivity contribution >= 4 is 34.6 Å². The maximum Gasteiger partial charge on any atom is 0.412 e. The summed E-state index contributed by atoms with van der Waals surface area (Å²) in [4.78, 5) is 49.8. The van der Waals surface area contributed by atoms with Crippen LogP contribution in [0.2, 0.25) is 0 Å². The van der Waals surface area contributed by atoms with E-state index in [9.17, 15) is 14.4 Å². The molecule has 0 unspecified atom stereocenters. The molecule has 1 aromatic carbocycles. The molecule has 10 heteroatoms. The minimum absolute atomic E-state index is 0.0289. The molecule has 0 saturated heterocycles. The van der Waals surface area contributed by atoms with Crippen LogP contribution in [0.3, 0.4) is 0 Å². The van der Waals surface area contributed by atoms with E-state index in [0.29, 0.717) is 29.7 Å². The van der Waals surface area contributed by atoms with Crippen LogP contribution in [-0.2, 0) is 16.0 Å². The second-order valence-corrected chi connectivity index (χ2v) is 9.70. The first-order valence-electron chi connectivity index (χ1n) is 11.7. The molecule has 0 saturated carbocycles. The Labute approximate surface area is 210 Å². The van der Waals surface area contributed by atoms with Crippen molar-refractivity contribution in [2.75, 3.05) is 30.9 Å². The molecular formula is C26H33N5O5. The topological polar surface area (TPSA) is 118 Å². The van der Waals surface area contributed by atoms with Crippen molar-refractivity contribution < 1.29 is 18.7 Å². The van der Waals surface area contributed by atoms with Gasteiger partial charge < -0.3 is 19.0 Å². The lowest BCUT2D eigenvalue weighted by molar-refractivity contribution is -0.130. The summed E-state index contributed by atoms with van der Waals surface area (Å²) in [5.74, 6) is -0.140. The van der Waals surface area contributed by atoms with Gasteiger partial charge in [-0.15, -0.1) is 0 Å². The average Bonchev–Trinajstić information content (AvgIpc) is 2.82. The number of aryl methyl sites for hydroxylation is 1. The van der Waals surface area contributed by atoms with Gasteiger partial charge in [-0.05, 0) is 70.4 Å². The van der Waals surface area contributed by atoms with E-state index < -0.39 is 23.4 Å². The van der Waals surface area contributed by atoms with Crippen molar-refractivity contribution in [1.29, 1.82) is 0 Å². The Morgan fingerprint density at radius 1 is 1.19 bits per heavy atom. The van der Waals surface area contributed by atoms with Crippen LogP contribution in [0.25, 0.3) is 10.9 Å². The van der Waals surface area contributed by atoms with Crippen molar-refractivity contribution in [2.45, 2.75) is 52.7 Å². The number of pyridine rings is 1. The number of carbonyl (C=O) groups is 2. The van der Waals surface area contributed by atoms with E-state index in [4.69, 9.17) is 9.15 Å². The molecule has 2 amide bonds. The largest absolute Gasteiger partial charge is 0.444 e. The summed E-state index contributed by atoms with van der Waals surface area (Å²) >= 11 is 0. The number of nitrogens with one attached hydrogen (secondary N) is 1. The molecule has 0 aliphatic carbocycles. The van der Waals surface area contributed by atoms with E-state index in [1.807, 2.05) is 12.1 Å². The Hall–Kier alpha value is -3.95. The van der Waals surface area contributed by atoms with Gasteiger partial charge in [-0.3, -0.25) is 15.1 Å². The average molecular weight is 496 g/mol. The molecule has 3 aromatic rings. The summed E-state index contributed by atoms with van der Waals surface area (Å²) in [6.45, 7) is 9.24. The highest BCUT2D eigenvalue weighted by Crippen LogP contribution is 2.25. The summed E-state index contributed by atoms with van der Waals surface area (Å²) in [7, 11) is 3.38. The number of hydrogen-bond donors (Lipinski definition) is 1. The lowest BCUT2D eigenvalue weighted by Gasteiger charge is -2.27. The third kappa shape index (κ3) is 6.38. The van der Waals surface area contributed by atoms with Crippen LogP contribution in [0.1, 0.15) is 38.8 Å². The Morgan fingerprint density at radius 2 is 1.92 bits per heavy atom. The smallest absolute Gasteiger partial charge is 0.412 e. The summed E-state index contributed by atoms with van der Waals surface area (Å²) in [6.07, 6.45) is 3.53. The highest BCUT2D eigenvalue weighted by atomic mass is 16.6. The number of anilines is 2. The Balaban J connectivity index is 1.77. The molecule has 0 fully saturated rings. The van der Waals surface area contributed by atoms with Crippen LogP contribution < -0.4 is 15.8 Å². The van der Waals surface area contributed by atoms with Gasteiger partial charge in [0.2, 0.25) is 5.91 Å².